The van der Waals surface area contributed by atoms with Crippen molar-refractivity contribution in [2.75, 3.05) is 34.3 Å². The molecule has 1 aromatic heterocycles. The Labute approximate surface area is 168 Å². The van der Waals surface area contributed by atoms with E-state index in [1.165, 1.54) is 16.2 Å². The number of ketones is 1. The summed E-state index contributed by atoms with van der Waals surface area (Å²) in [7, 11) is 5.57. The van der Waals surface area contributed by atoms with E-state index in [-0.39, 0.29) is 11.3 Å². The number of likely N-dealkylation sites (tertiary alicyclic amines) is 1. The zero-order valence-electron chi connectivity index (χ0n) is 16.5. The minimum absolute atomic E-state index is 0.142. The van der Waals surface area contributed by atoms with Crippen LogP contribution in [0.1, 0.15) is 22.0 Å². The molecule has 0 saturated carbocycles. The number of amides is 1. The van der Waals surface area contributed by atoms with Gasteiger partial charge in [-0.1, -0.05) is 6.07 Å². The van der Waals surface area contributed by atoms with Crippen LogP contribution in [0.2, 0.25) is 0 Å². The molecule has 0 aliphatic carbocycles. The quantitative estimate of drug-likeness (QED) is 0.439. The number of likely N-dealkylation sites (N-methyl/N-ethyl adjacent to an activating group) is 1. The van der Waals surface area contributed by atoms with Crippen LogP contribution in [0.25, 0.3) is 5.76 Å². The van der Waals surface area contributed by atoms with E-state index in [1.807, 2.05) is 38.5 Å². The van der Waals surface area contributed by atoms with Gasteiger partial charge in [-0.15, -0.1) is 11.3 Å². The molecule has 1 aliphatic heterocycles. The molecule has 28 heavy (non-hydrogen) atoms. The van der Waals surface area contributed by atoms with Gasteiger partial charge < -0.3 is 19.6 Å². The number of quaternary nitrogens is 1. The van der Waals surface area contributed by atoms with Crippen molar-refractivity contribution in [1.29, 1.82) is 0 Å². The molecule has 3 rings (SSSR count). The third-order valence-electron chi connectivity index (χ3n) is 4.89. The number of thiophene rings is 1. The van der Waals surface area contributed by atoms with Gasteiger partial charge in [0, 0.05) is 10.4 Å². The smallest absolute Gasteiger partial charge is 0.295 e. The molecular formula is C21H25N2O4S+. The van der Waals surface area contributed by atoms with Crippen LogP contribution in [0, 0.1) is 6.92 Å². The van der Waals surface area contributed by atoms with Crippen LogP contribution in [0.15, 0.2) is 41.3 Å². The minimum atomic E-state index is -0.639. The van der Waals surface area contributed by atoms with Crippen molar-refractivity contribution in [3.63, 3.8) is 0 Å². The Hall–Kier alpha value is -2.64. The molecule has 7 heteroatoms. The molecule has 1 aromatic carbocycles. The number of aliphatic hydroxyl groups excluding tert-OH is 1. The topological polar surface area (TPSA) is 71.3 Å². The molecule has 2 heterocycles. The van der Waals surface area contributed by atoms with E-state index in [0.717, 1.165) is 10.4 Å². The molecule has 0 spiro atoms. The van der Waals surface area contributed by atoms with Gasteiger partial charge in [0.2, 0.25) is 0 Å². The van der Waals surface area contributed by atoms with E-state index in [4.69, 9.17) is 4.74 Å². The molecular weight excluding hydrogens is 376 g/mol. The highest BCUT2D eigenvalue weighted by molar-refractivity contribution is 7.10. The normalized spacial score (nSPS) is 18.9. The highest BCUT2D eigenvalue weighted by atomic mass is 32.1. The number of ether oxygens (including phenoxy) is 1. The molecule has 148 valence electrons. The number of Topliss-reactive ketones (excluding diaryl/α,β-unsaturated/α-hetero) is 1. The number of carbonyl (C=O) groups is 2. The summed E-state index contributed by atoms with van der Waals surface area (Å²) in [6, 6.07) is 8.45. The Kier molecular flexibility index (Phi) is 5.86. The maximum Gasteiger partial charge on any atom is 0.295 e. The van der Waals surface area contributed by atoms with Crippen LogP contribution in [-0.4, -0.2) is 56.0 Å². The van der Waals surface area contributed by atoms with E-state index in [2.05, 4.69) is 0 Å². The fourth-order valence-corrected chi connectivity index (χ4v) is 4.22. The van der Waals surface area contributed by atoms with E-state index < -0.39 is 17.7 Å². The largest absolute Gasteiger partial charge is 0.507 e. The molecule has 6 nitrogen and oxygen atoms in total. The fraction of sp³-hybridized carbons (Fsp3) is 0.333. The Balaban J connectivity index is 2.12. The fourth-order valence-electron chi connectivity index (χ4n) is 3.37. The second-order valence-corrected chi connectivity index (χ2v) is 8.13. The molecule has 1 amide bonds. The van der Waals surface area contributed by atoms with Gasteiger partial charge >= 0.3 is 0 Å². The first-order valence-electron chi connectivity index (χ1n) is 9.11. The van der Waals surface area contributed by atoms with Gasteiger partial charge in [-0.2, -0.15) is 0 Å². The van der Waals surface area contributed by atoms with Crippen LogP contribution >= 0.6 is 11.3 Å². The van der Waals surface area contributed by atoms with Crippen molar-refractivity contribution in [1.82, 2.24) is 4.90 Å². The first kappa shape index (κ1) is 20.1. The summed E-state index contributed by atoms with van der Waals surface area (Å²) < 4.78 is 5.22. The number of nitrogens with zero attached hydrogens (tertiary/aromatic N) is 1. The van der Waals surface area contributed by atoms with Crippen LogP contribution < -0.4 is 9.64 Å². The number of methoxy groups -OCH3 is 1. The van der Waals surface area contributed by atoms with E-state index >= 15 is 0 Å². The molecule has 1 saturated heterocycles. The summed E-state index contributed by atoms with van der Waals surface area (Å²) in [6.07, 6.45) is 0. The third-order valence-corrected chi connectivity index (χ3v) is 5.82. The number of rotatable bonds is 6. The van der Waals surface area contributed by atoms with Gasteiger partial charge in [0.1, 0.15) is 11.5 Å². The molecule has 1 aliphatic rings. The van der Waals surface area contributed by atoms with Gasteiger partial charge in [0.25, 0.3) is 11.7 Å². The predicted molar refractivity (Wildman–Crippen MR) is 109 cm³/mol. The number of aliphatic hydroxyl groups is 1. The lowest BCUT2D eigenvalue weighted by molar-refractivity contribution is -0.857. The monoisotopic (exact) mass is 401 g/mol. The van der Waals surface area contributed by atoms with Crippen molar-refractivity contribution in [3.05, 3.63) is 57.3 Å². The summed E-state index contributed by atoms with van der Waals surface area (Å²) in [5.41, 5.74) is 1.44. The number of aryl methyl sites for hydroxylation is 1. The lowest BCUT2D eigenvalue weighted by Gasteiger charge is -2.24. The molecule has 1 fully saturated rings. The Morgan fingerprint density at radius 3 is 2.61 bits per heavy atom. The number of nitrogens with one attached hydrogen (secondary N) is 1. The third kappa shape index (κ3) is 3.68. The van der Waals surface area contributed by atoms with Gasteiger partial charge in [0.15, 0.2) is 0 Å². The first-order chi connectivity index (χ1) is 13.3. The van der Waals surface area contributed by atoms with Crippen LogP contribution in [-0.2, 0) is 9.59 Å². The van der Waals surface area contributed by atoms with Crippen LogP contribution in [0.5, 0.6) is 5.75 Å². The van der Waals surface area contributed by atoms with E-state index in [0.29, 0.717) is 24.4 Å². The van der Waals surface area contributed by atoms with Gasteiger partial charge in [-0.25, -0.2) is 0 Å². The van der Waals surface area contributed by atoms with Gasteiger partial charge in [-0.3, -0.25) is 9.59 Å². The molecule has 2 N–H and O–H groups in total. The van der Waals surface area contributed by atoms with Gasteiger partial charge in [0.05, 0.1) is 45.9 Å². The number of hydrogen-bond donors (Lipinski definition) is 2. The second kappa shape index (κ2) is 8.16. The number of benzene rings is 1. The predicted octanol–water partition coefficient (Wildman–Crippen LogP) is 1.63. The Morgan fingerprint density at radius 1 is 1.29 bits per heavy atom. The lowest BCUT2D eigenvalue weighted by atomic mass is 9.97. The average Bonchev–Trinajstić information content (AvgIpc) is 3.27. The van der Waals surface area contributed by atoms with Crippen LogP contribution in [0.3, 0.4) is 0 Å². The lowest BCUT2D eigenvalue weighted by Crippen LogP contribution is -3.06. The highest BCUT2D eigenvalue weighted by Gasteiger charge is 2.46. The van der Waals surface area contributed by atoms with Crippen molar-refractivity contribution >= 4 is 28.8 Å². The zero-order valence-corrected chi connectivity index (χ0v) is 17.3. The second-order valence-electron chi connectivity index (χ2n) is 7.15. The van der Waals surface area contributed by atoms with Crippen molar-refractivity contribution in [2.45, 2.75) is 13.0 Å². The SMILES string of the molecule is COc1ccc(C(O)=C2C(=O)C(=O)N(CC[NH+](C)C)[C@@H]2c2cccs2)c(C)c1. The molecule has 0 unspecified atom stereocenters. The summed E-state index contributed by atoms with van der Waals surface area (Å²) in [5.74, 6) is -0.679. The van der Waals surface area contributed by atoms with Crippen molar-refractivity contribution in [3.8, 4) is 5.75 Å². The van der Waals surface area contributed by atoms with E-state index in [1.54, 1.807) is 30.2 Å². The maximum atomic E-state index is 12.9. The molecule has 0 radical (unpaired) electrons. The summed E-state index contributed by atoms with van der Waals surface area (Å²) >= 11 is 1.47. The van der Waals surface area contributed by atoms with E-state index in [9.17, 15) is 14.7 Å². The Morgan fingerprint density at radius 2 is 2.04 bits per heavy atom. The van der Waals surface area contributed by atoms with Crippen molar-refractivity contribution in [2.24, 2.45) is 0 Å². The number of hydrogen-bond acceptors (Lipinski definition) is 5. The van der Waals surface area contributed by atoms with Crippen molar-refractivity contribution < 1.29 is 24.3 Å². The zero-order chi connectivity index (χ0) is 20.4. The summed E-state index contributed by atoms with van der Waals surface area (Å²) in [6.45, 7) is 2.98. The van der Waals surface area contributed by atoms with Gasteiger partial charge in [-0.05, 0) is 42.1 Å². The van der Waals surface area contributed by atoms with Crippen LogP contribution in [0.4, 0.5) is 0 Å². The number of carbonyl (C=O) groups excluding carboxylic acids is 2. The summed E-state index contributed by atoms with van der Waals surface area (Å²) in [4.78, 5) is 29.3. The first-order valence-corrected chi connectivity index (χ1v) is 9.99. The molecule has 0 bridgehead atoms. The molecule has 1 atom stereocenters. The maximum absolute atomic E-state index is 12.9. The summed E-state index contributed by atoms with van der Waals surface area (Å²) in [5, 5.41) is 13.0. The molecule has 2 aromatic rings. The minimum Gasteiger partial charge on any atom is -0.507 e. The average molecular weight is 402 g/mol. The highest BCUT2D eigenvalue weighted by Crippen LogP contribution is 2.41. The Bertz CT molecular complexity index is 918. The standard InChI is InChI=1S/C21H24N2O4S/c1-13-12-14(27-4)7-8-15(13)19(24)17-18(16-6-5-11-28-16)23(10-9-22(2)3)21(26)20(17)25/h5-8,11-12,18,24H,9-10H2,1-4H3/p+1/t18-/m1/s1.